The Morgan fingerprint density at radius 2 is 1.69 bits per heavy atom. The van der Waals surface area contributed by atoms with Crippen LogP contribution in [0.25, 0.3) is 0 Å². The maximum absolute atomic E-state index is 3.70. The zero-order valence-electron chi connectivity index (χ0n) is 10.1. The van der Waals surface area contributed by atoms with Gasteiger partial charge in [0, 0.05) is 12.1 Å². The smallest absolute Gasteiger partial charge is 0.00899 e. The summed E-state index contributed by atoms with van der Waals surface area (Å²) in [7, 11) is 0. The molecule has 0 aliphatic rings. The average Bonchev–Trinajstić information content (AvgIpc) is 2.10. The van der Waals surface area contributed by atoms with Gasteiger partial charge in [-0.05, 0) is 25.7 Å². The van der Waals surface area contributed by atoms with Crippen LogP contribution < -0.4 is 5.32 Å². The fourth-order valence-corrected chi connectivity index (χ4v) is 1.74. The van der Waals surface area contributed by atoms with E-state index in [2.05, 4.69) is 39.9 Å². The fraction of sp³-hybridized carbons (Fsp3) is 1.00. The molecule has 0 bridgehead atoms. The van der Waals surface area contributed by atoms with Crippen LogP contribution in [0, 0.1) is 5.92 Å². The van der Waals surface area contributed by atoms with E-state index in [1.54, 1.807) is 0 Å². The van der Waals surface area contributed by atoms with E-state index in [1.165, 1.54) is 25.7 Å². The van der Waals surface area contributed by atoms with Crippen LogP contribution in [-0.4, -0.2) is 12.1 Å². The Hall–Kier alpha value is -0.0400. The number of unbranched alkanes of at least 4 members (excludes halogenated alkanes) is 1. The fourth-order valence-electron chi connectivity index (χ4n) is 1.74. The van der Waals surface area contributed by atoms with Crippen molar-refractivity contribution in [3.8, 4) is 0 Å². The molecule has 0 aromatic rings. The van der Waals surface area contributed by atoms with Crippen molar-refractivity contribution in [3.63, 3.8) is 0 Å². The zero-order valence-corrected chi connectivity index (χ0v) is 10.1. The molecule has 0 saturated carbocycles. The number of hydrogen-bond donors (Lipinski definition) is 1. The van der Waals surface area contributed by atoms with Crippen LogP contribution in [0.15, 0.2) is 0 Å². The molecule has 0 aliphatic heterocycles. The first kappa shape index (κ1) is 13.0. The van der Waals surface area contributed by atoms with Crippen molar-refractivity contribution in [2.75, 3.05) is 0 Å². The maximum atomic E-state index is 3.70. The molecule has 13 heavy (non-hydrogen) atoms. The molecule has 0 rings (SSSR count). The van der Waals surface area contributed by atoms with Gasteiger partial charge in [0.1, 0.15) is 0 Å². The lowest BCUT2D eigenvalue weighted by Crippen LogP contribution is -2.39. The molecule has 1 heteroatoms. The third-order valence-electron chi connectivity index (χ3n) is 2.73. The Bertz CT molecular complexity index is 110. The van der Waals surface area contributed by atoms with Crippen LogP contribution in [0.1, 0.15) is 60.3 Å². The standard InChI is InChI=1S/C12H27N/c1-6-8-9-11(5)13-12(7-2)10(3)4/h10-13H,6-9H2,1-5H3. The Kier molecular flexibility index (Phi) is 7.35. The highest BCUT2D eigenvalue weighted by molar-refractivity contribution is 4.72. The Labute approximate surface area is 84.3 Å². The van der Waals surface area contributed by atoms with Crippen molar-refractivity contribution in [3.05, 3.63) is 0 Å². The molecule has 0 aromatic heterocycles. The molecule has 80 valence electrons. The minimum absolute atomic E-state index is 0.687. The van der Waals surface area contributed by atoms with Crippen molar-refractivity contribution in [2.45, 2.75) is 72.4 Å². The Morgan fingerprint density at radius 1 is 1.08 bits per heavy atom. The van der Waals surface area contributed by atoms with Gasteiger partial charge in [-0.2, -0.15) is 0 Å². The van der Waals surface area contributed by atoms with Crippen LogP contribution in [0.3, 0.4) is 0 Å². The molecule has 0 aromatic carbocycles. The second-order valence-electron chi connectivity index (χ2n) is 4.47. The van der Waals surface area contributed by atoms with Gasteiger partial charge in [0.25, 0.3) is 0 Å². The minimum atomic E-state index is 0.687. The highest BCUT2D eigenvalue weighted by atomic mass is 14.9. The van der Waals surface area contributed by atoms with Gasteiger partial charge in [0.15, 0.2) is 0 Å². The molecule has 0 radical (unpaired) electrons. The monoisotopic (exact) mass is 185 g/mol. The lowest BCUT2D eigenvalue weighted by molar-refractivity contribution is 0.340. The highest BCUT2D eigenvalue weighted by Gasteiger charge is 2.12. The first-order valence-corrected chi connectivity index (χ1v) is 5.87. The van der Waals surface area contributed by atoms with Gasteiger partial charge in [-0.25, -0.2) is 0 Å². The lowest BCUT2D eigenvalue weighted by Gasteiger charge is -2.25. The summed E-state index contributed by atoms with van der Waals surface area (Å²) in [6, 6.07) is 1.39. The third-order valence-corrected chi connectivity index (χ3v) is 2.73. The summed E-state index contributed by atoms with van der Waals surface area (Å²) in [5.74, 6) is 0.758. The third kappa shape index (κ3) is 6.09. The molecule has 2 atom stereocenters. The van der Waals surface area contributed by atoms with E-state index >= 15 is 0 Å². The van der Waals surface area contributed by atoms with E-state index in [9.17, 15) is 0 Å². The van der Waals surface area contributed by atoms with Gasteiger partial charge in [0.05, 0.1) is 0 Å². The average molecular weight is 185 g/mol. The first-order valence-electron chi connectivity index (χ1n) is 5.87. The normalized spacial score (nSPS) is 16.2. The molecular formula is C12H27N. The van der Waals surface area contributed by atoms with Gasteiger partial charge >= 0.3 is 0 Å². The van der Waals surface area contributed by atoms with E-state index < -0.39 is 0 Å². The highest BCUT2D eigenvalue weighted by Crippen LogP contribution is 2.08. The summed E-state index contributed by atoms with van der Waals surface area (Å²) in [6.45, 7) is 11.4. The molecular weight excluding hydrogens is 158 g/mol. The summed E-state index contributed by atoms with van der Waals surface area (Å²) in [5.41, 5.74) is 0. The number of rotatable bonds is 7. The van der Waals surface area contributed by atoms with Crippen molar-refractivity contribution < 1.29 is 0 Å². The molecule has 0 fully saturated rings. The molecule has 2 unspecified atom stereocenters. The van der Waals surface area contributed by atoms with Gasteiger partial charge in [-0.3, -0.25) is 0 Å². The van der Waals surface area contributed by atoms with Crippen LogP contribution in [0.4, 0.5) is 0 Å². The number of nitrogens with one attached hydrogen (secondary N) is 1. The van der Waals surface area contributed by atoms with Gasteiger partial charge in [-0.1, -0.05) is 40.5 Å². The molecule has 0 saturated heterocycles. The summed E-state index contributed by atoms with van der Waals surface area (Å²) >= 11 is 0. The topological polar surface area (TPSA) is 12.0 Å². The van der Waals surface area contributed by atoms with Crippen LogP contribution in [0.2, 0.25) is 0 Å². The SMILES string of the molecule is CCCCC(C)NC(CC)C(C)C. The van der Waals surface area contributed by atoms with E-state index in [0.717, 1.165) is 5.92 Å². The quantitative estimate of drug-likeness (QED) is 0.639. The largest absolute Gasteiger partial charge is 0.311 e. The molecule has 0 heterocycles. The van der Waals surface area contributed by atoms with E-state index in [4.69, 9.17) is 0 Å². The van der Waals surface area contributed by atoms with Gasteiger partial charge < -0.3 is 5.32 Å². The van der Waals surface area contributed by atoms with Crippen LogP contribution in [-0.2, 0) is 0 Å². The van der Waals surface area contributed by atoms with E-state index in [-0.39, 0.29) is 0 Å². The summed E-state index contributed by atoms with van der Waals surface area (Å²) in [5, 5.41) is 3.70. The molecule has 1 nitrogen and oxygen atoms in total. The molecule has 0 amide bonds. The van der Waals surface area contributed by atoms with Crippen LogP contribution >= 0.6 is 0 Å². The summed E-state index contributed by atoms with van der Waals surface area (Å²) < 4.78 is 0. The number of hydrogen-bond acceptors (Lipinski definition) is 1. The predicted molar refractivity (Wildman–Crippen MR) is 61.0 cm³/mol. The van der Waals surface area contributed by atoms with Crippen molar-refractivity contribution in [1.29, 1.82) is 0 Å². The van der Waals surface area contributed by atoms with E-state index in [1.807, 2.05) is 0 Å². The van der Waals surface area contributed by atoms with E-state index in [0.29, 0.717) is 12.1 Å². The molecule has 1 N–H and O–H groups in total. The molecule has 0 spiro atoms. The van der Waals surface area contributed by atoms with Gasteiger partial charge in [0.2, 0.25) is 0 Å². The second-order valence-corrected chi connectivity index (χ2v) is 4.47. The van der Waals surface area contributed by atoms with Crippen LogP contribution in [0.5, 0.6) is 0 Å². The Morgan fingerprint density at radius 3 is 2.08 bits per heavy atom. The first-order chi connectivity index (χ1) is 6.11. The summed E-state index contributed by atoms with van der Waals surface area (Å²) in [6.07, 6.45) is 5.22. The van der Waals surface area contributed by atoms with Crippen molar-refractivity contribution in [2.24, 2.45) is 5.92 Å². The minimum Gasteiger partial charge on any atom is -0.311 e. The van der Waals surface area contributed by atoms with Gasteiger partial charge in [-0.15, -0.1) is 0 Å². The van der Waals surface area contributed by atoms with Crippen molar-refractivity contribution >= 4 is 0 Å². The predicted octanol–water partition coefficient (Wildman–Crippen LogP) is 3.59. The molecule has 0 aliphatic carbocycles. The Balaban J connectivity index is 3.66. The van der Waals surface area contributed by atoms with Crippen molar-refractivity contribution in [1.82, 2.24) is 5.32 Å². The maximum Gasteiger partial charge on any atom is 0.00899 e. The summed E-state index contributed by atoms with van der Waals surface area (Å²) in [4.78, 5) is 0. The second kappa shape index (κ2) is 7.37. The zero-order chi connectivity index (χ0) is 10.3. The lowest BCUT2D eigenvalue weighted by atomic mass is 10.00.